The Balaban J connectivity index is 1.31. The number of aryl methyl sites for hydroxylation is 1. The van der Waals surface area contributed by atoms with E-state index < -0.39 is 29.7 Å². The van der Waals surface area contributed by atoms with Crippen LogP contribution in [0.5, 0.6) is 0 Å². The van der Waals surface area contributed by atoms with Crippen LogP contribution in [0.15, 0.2) is 59.7 Å². The van der Waals surface area contributed by atoms with Crippen molar-refractivity contribution < 1.29 is 24.3 Å². The number of benzene rings is 3. The highest BCUT2D eigenvalue weighted by Gasteiger charge is 2.37. The summed E-state index contributed by atoms with van der Waals surface area (Å²) < 4.78 is 0. The summed E-state index contributed by atoms with van der Waals surface area (Å²) in [6.07, 6.45) is -0.0754. The molecule has 0 saturated heterocycles. The lowest BCUT2D eigenvalue weighted by Gasteiger charge is -2.18. The summed E-state index contributed by atoms with van der Waals surface area (Å²) in [5, 5.41) is 16.2. The number of anilines is 1. The van der Waals surface area contributed by atoms with Crippen LogP contribution in [0.2, 0.25) is 10.0 Å². The number of amidine groups is 1. The van der Waals surface area contributed by atoms with Crippen LogP contribution in [0.4, 0.5) is 5.69 Å². The first-order chi connectivity index (χ1) is 18.7. The van der Waals surface area contributed by atoms with Gasteiger partial charge in [-0.25, -0.2) is 15.2 Å². The fourth-order valence-corrected chi connectivity index (χ4v) is 5.06. The summed E-state index contributed by atoms with van der Waals surface area (Å²) in [4.78, 5) is 51.8. The molecule has 2 aliphatic heterocycles. The van der Waals surface area contributed by atoms with E-state index in [1.54, 1.807) is 49.4 Å². The lowest BCUT2D eigenvalue weighted by atomic mass is 10.0. The van der Waals surface area contributed by atoms with Gasteiger partial charge in [0.15, 0.2) is 5.84 Å². The first-order valence-corrected chi connectivity index (χ1v) is 12.4. The Bertz CT molecular complexity index is 1550. The van der Waals surface area contributed by atoms with E-state index >= 15 is 0 Å². The topological polar surface area (TPSA) is 152 Å². The number of hydrazine groups is 2. The van der Waals surface area contributed by atoms with E-state index in [0.29, 0.717) is 39.3 Å². The number of rotatable bonds is 7. The van der Waals surface area contributed by atoms with Crippen molar-refractivity contribution in [2.75, 3.05) is 4.90 Å². The number of aliphatic carboxylic acids is 1. The fourth-order valence-electron chi connectivity index (χ4n) is 4.40. The van der Waals surface area contributed by atoms with Crippen LogP contribution in [0.3, 0.4) is 0 Å². The summed E-state index contributed by atoms with van der Waals surface area (Å²) in [7, 11) is 0. The highest BCUT2D eigenvalue weighted by Crippen LogP contribution is 2.31. The number of hydrogen-bond acceptors (Lipinski definition) is 8. The molecule has 3 amide bonds. The minimum Gasteiger partial charge on any atom is -0.480 e. The number of hydrogen-bond donors (Lipinski definition) is 5. The normalized spacial score (nSPS) is 14.8. The Morgan fingerprint density at radius 3 is 2.33 bits per heavy atom. The number of hydrazone groups is 1. The molecule has 1 atom stereocenters. The molecule has 0 spiro atoms. The van der Waals surface area contributed by atoms with Crippen molar-refractivity contribution in [1.82, 2.24) is 21.8 Å². The van der Waals surface area contributed by atoms with Gasteiger partial charge in [-0.05, 0) is 48.4 Å². The molecule has 0 unspecified atom stereocenters. The SMILES string of the molecule is Cc1cccc2c1C(=O)N(c1ccc(C[C@H](NC(=O)c3c(Cl)cc(C4=NNNN4)cc3Cl)C(=O)O)cc1)C2=O. The van der Waals surface area contributed by atoms with Crippen molar-refractivity contribution in [3.63, 3.8) is 0 Å². The molecule has 5 N–H and O–H groups in total. The second-order valence-electron chi connectivity index (χ2n) is 8.82. The Hall–Kier alpha value is -4.45. The number of halogens is 2. The molecule has 5 rings (SSSR count). The van der Waals surface area contributed by atoms with E-state index in [2.05, 4.69) is 26.9 Å². The predicted molar refractivity (Wildman–Crippen MR) is 144 cm³/mol. The van der Waals surface area contributed by atoms with E-state index in [9.17, 15) is 24.3 Å². The second kappa shape index (κ2) is 10.4. The Kier molecular flexibility index (Phi) is 6.96. The van der Waals surface area contributed by atoms with Crippen LogP contribution in [0.1, 0.15) is 47.8 Å². The number of carboxylic acid groups (broad SMARTS) is 1. The first-order valence-electron chi connectivity index (χ1n) is 11.6. The van der Waals surface area contributed by atoms with Crippen LogP contribution in [-0.2, 0) is 11.2 Å². The molecule has 0 aliphatic carbocycles. The molecule has 0 radical (unpaired) electrons. The van der Waals surface area contributed by atoms with Crippen LogP contribution >= 0.6 is 23.2 Å². The maximum absolute atomic E-state index is 13.0. The number of imide groups is 1. The van der Waals surface area contributed by atoms with Crippen LogP contribution < -0.4 is 26.7 Å². The standard InChI is InChI=1S/C26H20Cl2N6O5/c1-12-3-2-4-16-20(12)25(37)34(24(16)36)15-7-5-13(6-8-15)9-19(26(38)39)29-23(35)21-17(27)10-14(11-18(21)28)22-30-32-33-31-22/h2-8,10-11,19,32-33H,9H2,1H3,(H,29,35)(H,30,31)(H,38,39)/t19-/m0/s1. The summed E-state index contributed by atoms with van der Waals surface area (Å²) in [6, 6.07) is 13.0. The number of carbonyl (C=O) groups is 4. The molecular weight excluding hydrogens is 547 g/mol. The molecule has 3 aromatic carbocycles. The minimum absolute atomic E-state index is 0.0103. The smallest absolute Gasteiger partial charge is 0.326 e. The van der Waals surface area contributed by atoms with Gasteiger partial charge in [0.1, 0.15) is 6.04 Å². The molecule has 0 bridgehead atoms. The quantitative estimate of drug-likeness (QED) is 0.274. The Labute approximate surface area is 231 Å². The van der Waals surface area contributed by atoms with Gasteiger partial charge in [-0.2, -0.15) is 0 Å². The van der Waals surface area contributed by atoms with Gasteiger partial charge in [0, 0.05) is 12.0 Å². The van der Waals surface area contributed by atoms with Crippen LogP contribution in [-0.4, -0.2) is 40.7 Å². The molecule has 0 fully saturated rings. The zero-order valence-electron chi connectivity index (χ0n) is 20.2. The second-order valence-corrected chi connectivity index (χ2v) is 9.63. The summed E-state index contributed by atoms with van der Waals surface area (Å²) >= 11 is 12.6. The van der Waals surface area contributed by atoms with Crippen molar-refractivity contribution in [2.24, 2.45) is 5.10 Å². The predicted octanol–water partition coefficient (Wildman–Crippen LogP) is 2.80. The fraction of sp³-hybridized carbons (Fsp3) is 0.115. The first kappa shape index (κ1) is 26.2. The Morgan fingerprint density at radius 2 is 1.74 bits per heavy atom. The molecule has 2 aliphatic rings. The summed E-state index contributed by atoms with van der Waals surface area (Å²) in [6.45, 7) is 1.77. The average Bonchev–Trinajstić information content (AvgIpc) is 3.51. The number of amides is 3. The number of nitrogens with zero attached hydrogens (tertiary/aromatic N) is 2. The maximum Gasteiger partial charge on any atom is 0.326 e. The lowest BCUT2D eigenvalue weighted by molar-refractivity contribution is -0.139. The van der Waals surface area contributed by atoms with Crippen LogP contribution in [0.25, 0.3) is 0 Å². The third-order valence-corrected chi connectivity index (χ3v) is 6.90. The van der Waals surface area contributed by atoms with E-state index in [-0.39, 0.29) is 22.0 Å². The number of nitrogens with one attached hydrogen (secondary N) is 4. The lowest BCUT2D eigenvalue weighted by Crippen LogP contribution is -2.42. The zero-order chi connectivity index (χ0) is 27.8. The summed E-state index contributed by atoms with van der Waals surface area (Å²) in [5.74, 6) is -2.48. The van der Waals surface area contributed by atoms with Gasteiger partial charge < -0.3 is 10.4 Å². The number of carboxylic acids is 1. The monoisotopic (exact) mass is 566 g/mol. The molecule has 13 heteroatoms. The third kappa shape index (κ3) is 4.90. The third-order valence-electron chi connectivity index (χ3n) is 6.31. The van der Waals surface area contributed by atoms with Gasteiger partial charge in [-0.15, -0.1) is 10.6 Å². The van der Waals surface area contributed by atoms with Crippen molar-refractivity contribution in [2.45, 2.75) is 19.4 Å². The molecule has 0 saturated carbocycles. The highest BCUT2D eigenvalue weighted by atomic mass is 35.5. The number of carbonyl (C=O) groups excluding carboxylic acids is 3. The van der Waals surface area contributed by atoms with Crippen molar-refractivity contribution >= 4 is 58.4 Å². The van der Waals surface area contributed by atoms with Gasteiger partial charge in [0.25, 0.3) is 17.7 Å². The minimum atomic E-state index is -1.31. The van der Waals surface area contributed by atoms with E-state index in [0.717, 1.165) is 4.90 Å². The van der Waals surface area contributed by atoms with Gasteiger partial charge in [-0.1, -0.05) is 47.5 Å². The summed E-state index contributed by atoms with van der Waals surface area (Å²) in [5.41, 5.74) is 10.5. The Morgan fingerprint density at radius 1 is 1.05 bits per heavy atom. The molecule has 198 valence electrons. The molecule has 2 heterocycles. The zero-order valence-corrected chi connectivity index (χ0v) is 21.7. The molecule has 11 nitrogen and oxygen atoms in total. The number of fused-ring (bicyclic) bond motifs is 1. The average molecular weight is 567 g/mol. The van der Waals surface area contributed by atoms with Crippen molar-refractivity contribution in [3.8, 4) is 0 Å². The van der Waals surface area contributed by atoms with Gasteiger partial charge >= 0.3 is 5.97 Å². The molecular formula is C26H20Cl2N6O5. The van der Waals surface area contributed by atoms with E-state index in [1.807, 2.05) is 0 Å². The largest absolute Gasteiger partial charge is 0.480 e. The van der Waals surface area contributed by atoms with Gasteiger partial charge in [-0.3, -0.25) is 19.8 Å². The molecule has 39 heavy (non-hydrogen) atoms. The van der Waals surface area contributed by atoms with Gasteiger partial charge in [0.05, 0.1) is 32.4 Å². The van der Waals surface area contributed by atoms with Crippen LogP contribution in [0, 0.1) is 6.92 Å². The maximum atomic E-state index is 13.0. The highest BCUT2D eigenvalue weighted by molar-refractivity contribution is 6.40. The molecule has 3 aromatic rings. The van der Waals surface area contributed by atoms with E-state index in [4.69, 9.17) is 23.2 Å². The van der Waals surface area contributed by atoms with E-state index in [1.165, 1.54) is 12.1 Å². The van der Waals surface area contributed by atoms with Gasteiger partial charge in [0.2, 0.25) is 0 Å². The van der Waals surface area contributed by atoms with Crippen molar-refractivity contribution in [3.05, 3.63) is 98.0 Å². The van der Waals surface area contributed by atoms with Crippen molar-refractivity contribution in [1.29, 1.82) is 0 Å². The molecule has 0 aromatic heterocycles.